The van der Waals surface area contributed by atoms with Gasteiger partial charge in [0, 0.05) is 19.2 Å². The lowest BCUT2D eigenvalue weighted by Crippen LogP contribution is -2.40. The molecule has 1 saturated heterocycles. The van der Waals surface area contributed by atoms with E-state index in [1.165, 1.54) is 16.8 Å². The number of methoxy groups -OCH3 is 1. The van der Waals surface area contributed by atoms with Gasteiger partial charge in [0.05, 0.1) is 13.2 Å². The van der Waals surface area contributed by atoms with Crippen molar-refractivity contribution in [2.24, 2.45) is 5.92 Å². The number of carbonyl (C=O) groups is 1. The van der Waals surface area contributed by atoms with Crippen LogP contribution in [0, 0.1) is 5.92 Å². The summed E-state index contributed by atoms with van der Waals surface area (Å²) in [4.78, 5) is 14.2. The number of para-hydroxylation sites is 1. The van der Waals surface area contributed by atoms with Crippen LogP contribution in [-0.2, 0) is 11.2 Å². The van der Waals surface area contributed by atoms with Crippen molar-refractivity contribution in [2.75, 3.05) is 38.6 Å². The van der Waals surface area contributed by atoms with Gasteiger partial charge in [-0.05, 0) is 74.1 Å². The number of nitrogens with zero attached hydrogens (tertiary/aromatic N) is 1. The average Bonchev–Trinajstić information content (AvgIpc) is 3.26. The topological polar surface area (TPSA) is 53.6 Å². The highest BCUT2D eigenvalue weighted by Crippen LogP contribution is 2.34. The molecule has 2 aromatic carbocycles. The maximum atomic E-state index is 11.7. The van der Waals surface area contributed by atoms with Gasteiger partial charge in [0.1, 0.15) is 5.75 Å². The van der Waals surface area contributed by atoms with E-state index in [-0.39, 0.29) is 11.9 Å². The Kier molecular flexibility index (Phi) is 8.14. The fraction of sp³-hybridized carbons (Fsp3) is 0.480. The van der Waals surface area contributed by atoms with Gasteiger partial charge in [-0.25, -0.2) is 0 Å². The van der Waals surface area contributed by atoms with Crippen molar-refractivity contribution in [3.05, 3.63) is 59.7 Å². The molecule has 2 aromatic rings. The molecule has 1 atom stereocenters. The van der Waals surface area contributed by atoms with Gasteiger partial charge in [0.2, 0.25) is 5.91 Å². The monoisotopic (exact) mass is 409 g/mol. The van der Waals surface area contributed by atoms with Crippen molar-refractivity contribution in [1.29, 1.82) is 0 Å². The molecular formula is C25H35N3O2. The molecular weight excluding hydrogens is 374 g/mol. The Bertz CT molecular complexity index is 801. The van der Waals surface area contributed by atoms with E-state index in [0.29, 0.717) is 5.92 Å². The molecule has 0 saturated carbocycles. The minimum Gasteiger partial charge on any atom is -0.497 e. The third kappa shape index (κ3) is 5.99. The van der Waals surface area contributed by atoms with Crippen LogP contribution in [0.4, 0.5) is 5.69 Å². The first-order valence-electron chi connectivity index (χ1n) is 11.1. The van der Waals surface area contributed by atoms with Crippen LogP contribution in [0.25, 0.3) is 0 Å². The SMILES string of the molecule is CCN1CCC(C(NC(C)=O)c2ccc3c(c2)NCC3)CC1.COc1ccccc1. The minimum atomic E-state index is 0.0661. The van der Waals surface area contributed by atoms with E-state index < -0.39 is 0 Å². The van der Waals surface area contributed by atoms with Crippen molar-refractivity contribution in [3.8, 4) is 5.75 Å². The Balaban J connectivity index is 0.000000269. The smallest absolute Gasteiger partial charge is 0.217 e. The number of carbonyl (C=O) groups excluding carboxylic acids is 1. The summed E-state index contributed by atoms with van der Waals surface area (Å²) in [5, 5.41) is 6.65. The van der Waals surface area contributed by atoms with Crippen LogP contribution in [0.1, 0.15) is 43.9 Å². The van der Waals surface area contributed by atoms with Gasteiger partial charge in [-0.2, -0.15) is 0 Å². The van der Waals surface area contributed by atoms with Crippen LogP contribution in [-0.4, -0.2) is 44.1 Å². The molecule has 5 nitrogen and oxygen atoms in total. The van der Waals surface area contributed by atoms with Crippen molar-refractivity contribution >= 4 is 11.6 Å². The Morgan fingerprint density at radius 2 is 1.93 bits per heavy atom. The van der Waals surface area contributed by atoms with Crippen molar-refractivity contribution < 1.29 is 9.53 Å². The quantitative estimate of drug-likeness (QED) is 0.775. The molecule has 2 N–H and O–H groups in total. The number of amides is 1. The summed E-state index contributed by atoms with van der Waals surface area (Å²) >= 11 is 0. The second kappa shape index (κ2) is 11.0. The molecule has 0 radical (unpaired) electrons. The number of likely N-dealkylation sites (tertiary alicyclic amines) is 1. The van der Waals surface area contributed by atoms with Crippen LogP contribution in [0.15, 0.2) is 48.5 Å². The summed E-state index contributed by atoms with van der Waals surface area (Å²) in [6, 6.07) is 16.5. The van der Waals surface area contributed by atoms with Gasteiger partial charge in [-0.3, -0.25) is 4.79 Å². The minimum absolute atomic E-state index is 0.0661. The largest absolute Gasteiger partial charge is 0.497 e. The Morgan fingerprint density at radius 3 is 2.53 bits per heavy atom. The predicted molar refractivity (Wildman–Crippen MR) is 123 cm³/mol. The molecule has 0 bridgehead atoms. The van der Waals surface area contributed by atoms with Crippen LogP contribution >= 0.6 is 0 Å². The van der Waals surface area contributed by atoms with Crippen molar-refractivity contribution in [3.63, 3.8) is 0 Å². The zero-order chi connectivity index (χ0) is 21.3. The van der Waals surface area contributed by atoms with Gasteiger partial charge < -0.3 is 20.3 Å². The van der Waals surface area contributed by atoms with Gasteiger partial charge in [0.15, 0.2) is 0 Å². The Hall–Kier alpha value is -2.53. The van der Waals surface area contributed by atoms with E-state index in [1.807, 2.05) is 30.3 Å². The average molecular weight is 410 g/mol. The number of anilines is 1. The fourth-order valence-electron chi connectivity index (χ4n) is 4.35. The summed E-state index contributed by atoms with van der Waals surface area (Å²) in [6.07, 6.45) is 3.42. The lowest BCUT2D eigenvalue weighted by Gasteiger charge is -2.36. The van der Waals surface area contributed by atoms with E-state index >= 15 is 0 Å². The van der Waals surface area contributed by atoms with E-state index in [9.17, 15) is 4.79 Å². The predicted octanol–water partition coefficient (Wildman–Crippen LogP) is 4.26. The van der Waals surface area contributed by atoms with E-state index in [2.05, 4.69) is 40.7 Å². The van der Waals surface area contributed by atoms with Crippen LogP contribution in [0.2, 0.25) is 0 Å². The zero-order valence-corrected chi connectivity index (χ0v) is 18.5. The maximum Gasteiger partial charge on any atom is 0.217 e. The normalized spacial score (nSPS) is 17.2. The highest BCUT2D eigenvalue weighted by Gasteiger charge is 2.28. The third-order valence-corrected chi connectivity index (χ3v) is 6.09. The van der Waals surface area contributed by atoms with Gasteiger partial charge >= 0.3 is 0 Å². The maximum absolute atomic E-state index is 11.7. The molecule has 2 aliphatic heterocycles. The van der Waals surface area contributed by atoms with Gasteiger partial charge in [-0.1, -0.05) is 37.3 Å². The number of hydrogen-bond donors (Lipinski definition) is 2. The number of fused-ring (bicyclic) bond motifs is 1. The highest BCUT2D eigenvalue weighted by atomic mass is 16.5. The van der Waals surface area contributed by atoms with Crippen LogP contribution < -0.4 is 15.4 Å². The first kappa shape index (κ1) is 22.2. The van der Waals surface area contributed by atoms with E-state index in [1.54, 1.807) is 14.0 Å². The summed E-state index contributed by atoms with van der Waals surface area (Å²) in [5.74, 6) is 1.51. The summed E-state index contributed by atoms with van der Waals surface area (Å²) in [6.45, 7) is 8.28. The summed E-state index contributed by atoms with van der Waals surface area (Å²) < 4.78 is 4.91. The Labute approximate surface area is 180 Å². The first-order chi connectivity index (χ1) is 14.6. The molecule has 5 heteroatoms. The molecule has 0 aromatic heterocycles. The lowest BCUT2D eigenvalue weighted by molar-refractivity contribution is -0.120. The molecule has 2 aliphatic rings. The van der Waals surface area contributed by atoms with Crippen molar-refractivity contribution in [1.82, 2.24) is 10.2 Å². The number of piperidine rings is 1. The molecule has 1 fully saturated rings. The number of rotatable bonds is 5. The number of hydrogen-bond acceptors (Lipinski definition) is 4. The Morgan fingerprint density at radius 1 is 1.20 bits per heavy atom. The van der Waals surface area contributed by atoms with Crippen molar-refractivity contribution in [2.45, 2.75) is 39.2 Å². The van der Waals surface area contributed by atoms with E-state index in [0.717, 1.165) is 51.2 Å². The second-order valence-electron chi connectivity index (χ2n) is 8.06. The first-order valence-corrected chi connectivity index (χ1v) is 11.1. The molecule has 30 heavy (non-hydrogen) atoms. The molecule has 0 spiro atoms. The summed E-state index contributed by atoms with van der Waals surface area (Å²) in [5.41, 5.74) is 3.89. The molecule has 1 amide bonds. The van der Waals surface area contributed by atoms with Crippen LogP contribution in [0.5, 0.6) is 5.75 Å². The second-order valence-corrected chi connectivity index (χ2v) is 8.06. The van der Waals surface area contributed by atoms with Gasteiger partial charge in [0.25, 0.3) is 0 Å². The summed E-state index contributed by atoms with van der Waals surface area (Å²) in [7, 11) is 1.66. The third-order valence-electron chi connectivity index (χ3n) is 6.09. The fourth-order valence-corrected chi connectivity index (χ4v) is 4.35. The standard InChI is InChI=1S/C18H27N3O.C7H8O/c1-3-21-10-7-15(8-11-21)18(20-13(2)22)16-5-4-14-6-9-19-17(14)12-16;1-8-7-5-3-2-4-6-7/h4-5,12,15,18-19H,3,6-11H2,1-2H3,(H,20,22);2-6H,1H3. The molecule has 4 rings (SSSR count). The zero-order valence-electron chi connectivity index (χ0n) is 18.5. The van der Waals surface area contributed by atoms with E-state index in [4.69, 9.17) is 4.74 Å². The molecule has 162 valence electrons. The molecule has 0 aliphatic carbocycles. The molecule has 1 unspecified atom stereocenters. The number of benzene rings is 2. The van der Waals surface area contributed by atoms with Gasteiger partial charge in [-0.15, -0.1) is 0 Å². The van der Waals surface area contributed by atoms with Crippen LogP contribution in [0.3, 0.4) is 0 Å². The lowest BCUT2D eigenvalue weighted by atomic mass is 9.84. The highest BCUT2D eigenvalue weighted by molar-refractivity contribution is 5.73. The molecule has 2 heterocycles. The number of ether oxygens (including phenoxy) is 1. The number of nitrogens with one attached hydrogen (secondary N) is 2.